The Morgan fingerprint density at radius 2 is 2.00 bits per heavy atom. The lowest BCUT2D eigenvalue weighted by Crippen LogP contribution is -2.27. The second kappa shape index (κ2) is 3.83. The Hall–Kier alpha value is -1.41. The third kappa shape index (κ3) is 1.80. The van der Waals surface area contributed by atoms with Gasteiger partial charge in [-0.15, -0.1) is 6.58 Å². The van der Waals surface area contributed by atoms with Crippen LogP contribution in [-0.2, 0) is 0 Å². The van der Waals surface area contributed by atoms with Gasteiger partial charge in [0.25, 0.3) is 0 Å². The number of hydrogen-bond acceptors (Lipinski definition) is 2. The maximum Gasteiger partial charge on any atom is 0.183 e. The van der Waals surface area contributed by atoms with E-state index in [2.05, 4.69) is 6.58 Å². The average Bonchev–Trinajstić information content (AvgIpc) is 2.17. The van der Waals surface area contributed by atoms with Gasteiger partial charge in [-0.3, -0.25) is 4.79 Å². The Kier molecular flexibility index (Phi) is 2.77. The smallest absolute Gasteiger partial charge is 0.183 e. The maximum atomic E-state index is 11.4. The lowest BCUT2D eigenvalue weighted by atomic mass is 10.1. The third-order valence-corrected chi connectivity index (χ3v) is 1.61. The van der Waals surface area contributed by atoms with Crippen LogP contribution in [0.5, 0.6) is 0 Å². The van der Waals surface area contributed by atoms with Crippen molar-refractivity contribution in [2.75, 3.05) is 0 Å². The zero-order valence-electron chi connectivity index (χ0n) is 6.73. The summed E-state index contributed by atoms with van der Waals surface area (Å²) >= 11 is 0. The van der Waals surface area contributed by atoms with Crippen molar-refractivity contribution in [2.45, 2.75) is 6.04 Å². The van der Waals surface area contributed by atoms with Crippen LogP contribution in [0, 0.1) is 0 Å². The summed E-state index contributed by atoms with van der Waals surface area (Å²) < 4.78 is 0. The van der Waals surface area contributed by atoms with E-state index < -0.39 is 6.04 Å². The number of benzene rings is 1. The van der Waals surface area contributed by atoms with E-state index in [0.29, 0.717) is 5.56 Å². The molecule has 12 heavy (non-hydrogen) atoms. The summed E-state index contributed by atoms with van der Waals surface area (Å²) in [6.07, 6.45) is 1.44. The van der Waals surface area contributed by atoms with Crippen molar-refractivity contribution in [2.24, 2.45) is 5.73 Å². The second-order valence-corrected chi connectivity index (χ2v) is 2.49. The molecule has 2 N–H and O–H groups in total. The molecule has 0 saturated carbocycles. The molecule has 0 heterocycles. The van der Waals surface area contributed by atoms with E-state index in [-0.39, 0.29) is 5.78 Å². The van der Waals surface area contributed by atoms with Gasteiger partial charge in [-0.25, -0.2) is 0 Å². The molecular formula is C10H11NO. The first-order chi connectivity index (χ1) is 5.75. The average molecular weight is 161 g/mol. The summed E-state index contributed by atoms with van der Waals surface area (Å²) in [6.45, 7) is 3.46. The van der Waals surface area contributed by atoms with Crippen LogP contribution in [0.4, 0.5) is 0 Å². The number of hydrogen-bond donors (Lipinski definition) is 1. The van der Waals surface area contributed by atoms with Gasteiger partial charge in [0.1, 0.15) is 0 Å². The molecule has 0 aliphatic rings. The first-order valence-corrected chi connectivity index (χ1v) is 3.73. The maximum absolute atomic E-state index is 11.4. The molecule has 62 valence electrons. The summed E-state index contributed by atoms with van der Waals surface area (Å²) in [5.41, 5.74) is 6.11. The minimum absolute atomic E-state index is 0.0920. The van der Waals surface area contributed by atoms with Crippen LogP contribution in [0.15, 0.2) is 43.0 Å². The number of nitrogens with two attached hydrogens (primary N) is 1. The van der Waals surface area contributed by atoms with Crippen molar-refractivity contribution in [3.05, 3.63) is 48.6 Å². The fourth-order valence-corrected chi connectivity index (χ4v) is 0.902. The normalized spacial score (nSPS) is 12.1. The van der Waals surface area contributed by atoms with Gasteiger partial charge in [0, 0.05) is 5.56 Å². The van der Waals surface area contributed by atoms with Crippen LogP contribution in [0.25, 0.3) is 0 Å². The van der Waals surface area contributed by atoms with E-state index in [1.165, 1.54) is 6.08 Å². The van der Waals surface area contributed by atoms with Crippen LogP contribution in [0.1, 0.15) is 10.4 Å². The molecule has 0 radical (unpaired) electrons. The lowest BCUT2D eigenvalue weighted by Gasteiger charge is -2.03. The minimum Gasteiger partial charge on any atom is -0.318 e. The quantitative estimate of drug-likeness (QED) is 0.537. The summed E-state index contributed by atoms with van der Waals surface area (Å²) in [4.78, 5) is 11.4. The molecule has 0 bridgehead atoms. The molecular weight excluding hydrogens is 150 g/mol. The largest absolute Gasteiger partial charge is 0.318 e. The first-order valence-electron chi connectivity index (χ1n) is 3.73. The Balaban J connectivity index is 2.85. The standard InChI is InChI=1S/C10H11NO/c1-2-9(11)10(12)8-6-4-3-5-7-8/h2-7,9H,1,11H2. The Bertz CT molecular complexity index is 279. The number of carbonyl (C=O) groups excluding carboxylic acids is 1. The predicted octanol–water partition coefficient (Wildman–Crippen LogP) is 1.38. The summed E-state index contributed by atoms with van der Waals surface area (Å²) in [6, 6.07) is 8.37. The molecule has 1 atom stereocenters. The fourth-order valence-electron chi connectivity index (χ4n) is 0.902. The molecule has 1 rings (SSSR count). The van der Waals surface area contributed by atoms with E-state index in [0.717, 1.165) is 0 Å². The van der Waals surface area contributed by atoms with Gasteiger partial charge in [-0.1, -0.05) is 36.4 Å². The number of carbonyl (C=O) groups is 1. The molecule has 0 amide bonds. The molecule has 2 heteroatoms. The van der Waals surface area contributed by atoms with Crippen LogP contribution < -0.4 is 5.73 Å². The van der Waals surface area contributed by atoms with Crippen LogP contribution in [-0.4, -0.2) is 11.8 Å². The number of ketones is 1. The van der Waals surface area contributed by atoms with Gasteiger partial charge in [-0.2, -0.15) is 0 Å². The SMILES string of the molecule is C=CC(N)C(=O)c1ccccc1. The molecule has 0 fully saturated rings. The monoisotopic (exact) mass is 161 g/mol. The van der Waals surface area contributed by atoms with Gasteiger partial charge in [-0.05, 0) is 0 Å². The van der Waals surface area contributed by atoms with Crippen molar-refractivity contribution < 1.29 is 4.79 Å². The second-order valence-electron chi connectivity index (χ2n) is 2.49. The molecule has 1 unspecified atom stereocenters. The van der Waals surface area contributed by atoms with Gasteiger partial charge in [0.15, 0.2) is 5.78 Å². The molecule has 0 aliphatic carbocycles. The van der Waals surface area contributed by atoms with Crippen molar-refractivity contribution in [3.8, 4) is 0 Å². The molecule has 1 aromatic carbocycles. The molecule has 0 aliphatic heterocycles. The molecule has 1 aromatic rings. The summed E-state index contributed by atoms with van der Waals surface area (Å²) in [5.74, 6) is -0.0920. The predicted molar refractivity (Wildman–Crippen MR) is 48.9 cm³/mol. The van der Waals surface area contributed by atoms with Crippen LogP contribution >= 0.6 is 0 Å². The van der Waals surface area contributed by atoms with Crippen molar-refractivity contribution in [1.82, 2.24) is 0 Å². The highest BCUT2D eigenvalue weighted by molar-refractivity contribution is 6.01. The highest BCUT2D eigenvalue weighted by Crippen LogP contribution is 2.02. The van der Waals surface area contributed by atoms with Gasteiger partial charge in [0.05, 0.1) is 6.04 Å². The Labute approximate surface area is 71.7 Å². The number of Topliss-reactive ketones (excluding diaryl/α,β-unsaturated/α-hetero) is 1. The molecule has 0 saturated heterocycles. The van der Waals surface area contributed by atoms with Crippen molar-refractivity contribution >= 4 is 5.78 Å². The Morgan fingerprint density at radius 3 is 2.50 bits per heavy atom. The molecule has 2 nitrogen and oxygen atoms in total. The third-order valence-electron chi connectivity index (χ3n) is 1.61. The summed E-state index contributed by atoms with van der Waals surface area (Å²) in [5, 5.41) is 0. The van der Waals surface area contributed by atoms with Gasteiger partial charge in [0.2, 0.25) is 0 Å². The topological polar surface area (TPSA) is 43.1 Å². The number of rotatable bonds is 3. The van der Waals surface area contributed by atoms with Crippen LogP contribution in [0.3, 0.4) is 0 Å². The fraction of sp³-hybridized carbons (Fsp3) is 0.100. The lowest BCUT2D eigenvalue weighted by molar-refractivity contribution is 0.0978. The zero-order chi connectivity index (χ0) is 8.97. The van der Waals surface area contributed by atoms with E-state index in [9.17, 15) is 4.79 Å². The van der Waals surface area contributed by atoms with Gasteiger partial charge >= 0.3 is 0 Å². The van der Waals surface area contributed by atoms with E-state index in [1.807, 2.05) is 18.2 Å². The van der Waals surface area contributed by atoms with Crippen molar-refractivity contribution in [3.63, 3.8) is 0 Å². The minimum atomic E-state index is -0.590. The van der Waals surface area contributed by atoms with Gasteiger partial charge < -0.3 is 5.73 Å². The van der Waals surface area contributed by atoms with E-state index >= 15 is 0 Å². The highest BCUT2D eigenvalue weighted by Gasteiger charge is 2.10. The zero-order valence-corrected chi connectivity index (χ0v) is 6.73. The first kappa shape index (κ1) is 8.68. The van der Waals surface area contributed by atoms with E-state index in [4.69, 9.17) is 5.73 Å². The van der Waals surface area contributed by atoms with E-state index in [1.54, 1.807) is 12.1 Å². The molecule has 0 aromatic heterocycles. The van der Waals surface area contributed by atoms with Crippen LogP contribution in [0.2, 0.25) is 0 Å². The highest BCUT2D eigenvalue weighted by atomic mass is 16.1. The summed E-state index contributed by atoms with van der Waals surface area (Å²) in [7, 11) is 0. The molecule has 0 spiro atoms. The Morgan fingerprint density at radius 1 is 1.42 bits per heavy atom. The van der Waals surface area contributed by atoms with Crippen molar-refractivity contribution in [1.29, 1.82) is 0 Å².